The molecule has 2 heterocycles. The van der Waals surface area contributed by atoms with Gasteiger partial charge in [-0.15, -0.1) is 0 Å². The van der Waals surface area contributed by atoms with E-state index in [1.54, 1.807) is 28.8 Å². The van der Waals surface area contributed by atoms with E-state index in [1.165, 1.54) is 0 Å². The molecular formula is C25H18N2O3. The van der Waals surface area contributed by atoms with Crippen molar-refractivity contribution >= 4 is 22.1 Å². The molecule has 0 saturated heterocycles. The number of nitrogens with zero attached hydrogens (tertiary/aromatic N) is 2. The molecule has 0 atom stereocenters. The minimum Gasteiger partial charge on any atom is -0.437 e. The monoisotopic (exact) mass is 394 g/mol. The Bertz CT molecular complexity index is 1520. The van der Waals surface area contributed by atoms with E-state index in [0.29, 0.717) is 23.3 Å². The van der Waals surface area contributed by atoms with E-state index < -0.39 is 5.56 Å². The van der Waals surface area contributed by atoms with Gasteiger partial charge < -0.3 is 4.42 Å². The lowest BCUT2D eigenvalue weighted by molar-refractivity contribution is 0.635. The summed E-state index contributed by atoms with van der Waals surface area (Å²) in [6.07, 6.45) is 0. The van der Waals surface area contributed by atoms with Crippen molar-refractivity contribution in [2.75, 3.05) is 0 Å². The molecule has 5 aromatic rings. The maximum absolute atomic E-state index is 13.6. The molecule has 5 heteroatoms. The van der Waals surface area contributed by atoms with Gasteiger partial charge in [0.05, 0.1) is 11.9 Å². The summed E-state index contributed by atoms with van der Waals surface area (Å²) >= 11 is 0. The Morgan fingerprint density at radius 2 is 1.57 bits per heavy atom. The van der Waals surface area contributed by atoms with Crippen LogP contribution in [0.4, 0.5) is 0 Å². The topological polar surface area (TPSA) is 65.1 Å². The van der Waals surface area contributed by atoms with Gasteiger partial charge in [0.2, 0.25) is 11.1 Å². The van der Waals surface area contributed by atoms with Gasteiger partial charge in [0, 0.05) is 5.56 Å². The van der Waals surface area contributed by atoms with Crippen LogP contribution in [0.25, 0.3) is 33.5 Å². The summed E-state index contributed by atoms with van der Waals surface area (Å²) in [7, 11) is 0. The van der Waals surface area contributed by atoms with Gasteiger partial charge >= 0.3 is 0 Å². The summed E-state index contributed by atoms with van der Waals surface area (Å²) in [6.45, 7) is 2.27. The van der Waals surface area contributed by atoms with Gasteiger partial charge in [-0.25, -0.2) is 0 Å². The third-order valence-corrected chi connectivity index (χ3v) is 5.27. The molecule has 0 N–H and O–H groups in total. The van der Waals surface area contributed by atoms with Crippen LogP contribution in [0.15, 0.2) is 92.9 Å². The van der Waals surface area contributed by atoms with Gasteiger partial charge in [-0.2, -0.15) is 4.98 Å². The summed E-state index contributed by atoms with van der Waals surface area (Å²) < 4.78 is 7.45. The van der Waals surface area contributed by atoms with Crippen molar-refractivity contribution in [3.8, 4) is 11.4 Å². The normalized spacial score (nSPS) is 11.2. The van der Waals surface area contributed by atoms with Gasteiger partial charge in [-0.05, 0) is 30.2 Å². The van der Waals surface area contributed by atoms with Crippen molar-refractivity contribution in [1.82, 2.24) is 9.55 Å². The fourth-order valence-electron chi connectivity index (χ4n) is 3.73. The van der Waals surface area contributed by atoms with Crippen molar-refractivity contribution in [3.05, 3.63) is 111 Å². The lowest BCUT2D eigenvalue weighted by Gasteiger charge is -2.15. The van der Waals surface area contributed by atoms with Crippen LogP contribution in [0.1, 0.15) is 11.1 Å². The highest BCUT2D eigenvalue weighted by molar-refractivity contribution is 5.88. The molecule has 0 spiro atoms. The van der Waals surface area contributed by atoms with Crippen LogP contribution in [-0.4, -0.2) is 9.55 Å². The highest BCUT2D eigenvalue weighted by Gasteiger charge is 2.19. The molecule has 0 unspecified atom stereocenters. The standard InChI is InChI=1S/C25H18N2O3/c1-16-9-5-6-12-18(16)23-26-24-21(22(28)19-13-7-8-14-20(19)30-24)25(29)27(23)15-17-10-3-2-4-11-17/h2-14H,15H2,1H3. The quantitative estimate of drug-likeness (QED) is 0.422. The smallest absolute Gasteiger partial charge is 0.269 e. The van der Waals surface area contributed by atoms with E-state index in [9.17, 15) is 9.59 Å². The van der Waals surface area contributed by atoms with Crippen LogP contribution in [0.2, 0.25) is 0 Å². The van der Waals surface area contributed by atoms with Gasteiger partial charge in [0.15, 0.2) is 5.39 Å². The van der Waals surface area contributed by atoms with E-state index in [2.05, 4.69) is 4.98 Å². The number of benzene rings is 3. The van der Waals surface area contributed by atoms with Crippen LogP contribution in [0, 0.1) is 6.92 Å². The lowest BCUT2D eigenvalue weighted by atomic mass is 10.1. The van der Waals surface area contributed by atoms with E-state index in [4.69, 9.17) is 4.42 Å². The second-order valence-corrected chi connectivity index (χ2v) is 7.23. The molecule has 0 bridgehead atoms. The number of aromatic nitrogens is 2. The molecule has 0 aliphatic heterocycles. The number of hydrogen-bond donors (Lipinski definition) is 0. The second-order valence-electron chi connectivity index (χ2n) is 7.23. The summed E-state index contributed by atoms with van der Waals surface area (Å²) in [6, 6.07) is 24.3. The van der Waals surface area contributed by atoms with E-state index in [1.807, 2.05) is 61.5 Å². The molecule has 5 nitrogen and oxygen atoms in total. The molecule has 2 aromatic heterocycles. The Kier molecular flexibility index (Phi) is 4.29. The molecule has 0 amide bonds. The lowest BCUT2D eigenvalue weighted by Crippen LogP contribution is -2.28. The van der Waals surface area contributed by atoms with Crippen molar-refractivity contribution in [3.63, 3.8) is 0 Å². The predicted octanol–water partition coefficient (Wildman–Crippen LogP) is 4.53. The molecule has 30 heavy (non-hydrogen) atoms. The zero-order valence-electron chi connectivity index (χ0n) is 16.3. The van der Waals surface area contributed by atoms with Crippen LogP contribution < -0.4 is 11.0 Å². The Morgan fingerprint density at radius 3 is 2.37 bits per heavy atom. The first kappa shape index (κ1) is 18.1. The number of para-hydroxylation sites is 1. The highest BCUT2D eigenvalue weighted by atomic mass is 16.3. The van der Waals surface area contributed by atoms with Crippen molar-refractivity contribution in [2.45, 2.75) is 13.5 Å². The van der Waals surface area contributed by atoms with Gasteiger partial charge in [0.1, 0.15) is 11.4 Å². The fourth-order valence-corrected chi connectivity index (χ4v) is 3.73. The van der Waals surface area contributed by atoms with Crippen LogP contribution >= 0.6 is 0 Å². The molecule has 0 fully saturated rings. The molecular weight excluding hydrogens is 376 g/mol. The Balaban J connectivity index is 1.90. The van der Waals surface area contributed by atoms with Gasteiger partial charge in [0.25, 0.3) is 5.56 Å². The minimum atomic E-state index is -0.401. The minimum absolute atomic E-state index is 0.0260. The van der Waals surface area contributed by atoms with Crippen molar-refractivity contribution in [2.24, 2.45) is 0 Å². The van der Waals surface area contributed by atoms with E-state index in [0.717, 1.165) is 16.7 Å². The summed E-state index contributed by atoms with van der Waals surface area (Å²) in [5.74, 6) is 0.480. The SMILES string of the molecule is Cc1ccccc1-c1nc2oc3ccccc3c(=O)c2c(=O)n1Cc1ccccc1. The van der Waals surface area contributed by atoms with Crippen LogP contribution in [0.3, 0.4) is 0 Å². The molecule has 0 radical (unpaired) electrons. The average molecular weight is 394 g/mol. The van der Waals surface area contributed by atoms with Crippen molar-refractivity contribution < 1.29 is 4.42 Å². The summed E-state index contributed by atoms with van der Waals surface area (Å²) in [4.78, 5) is 31.4. The zero-order chi connectivity index (χ0) is 20.7. The molecule has 5 rings (SSSR count). The Labute approximate surface area is 171 Å². The van der Waals surface area contributed by atoms with Crippen LogP contribution in [0.5, 0.6) is 0 Å². The van der Waals surface area contributed by atoms with Crippen molar-refractivity contribution in [1.29, 1.82) is 0 Å². The first-order valence-electron chi connectivity index (χ1n) is 9.70. The molecule has 146 valence electrons. The zero-order valence-corrected chi connectivity index (χ0v) is 16.3. The molecule has 0 saturated carbocycles. The first-order valence-corrected chi connectivity index (χ1v) is 9.70. The first-order chi connectivity index (χ1) is 14.6. The maximum Gasteiger partial charge on any atom is 0.269 e. The van der Waals surface area contributed by atoms with E-state index >= 15 is 0 Å². The maximum atomic E-state index is 13.6. The Morgan fingerprint density at radius 1 is 0.867 bits per heavy atom. The van der Waals surface area contributed by atoms with Gasteiger partial charge in [-0.3, -0.25) is 14.2 Å². The second kappa shape index (κ2) is 7.12. The largest absolute Gasteiger partial charge is 0.437 e. The third-order valence-electron chi connectivity index (χ3n) is 5.27. The predicted molar refractivity (Wildman–Crippen MR) is 118 cm³/mol. The molecule has 3 aromatic carbocycles. The summed E-state index contributed by atoms with van der Waals surface area (Å²) in [5, 5.41) is 0.348. The highest BCUT2D eigenvalue weighted by Crippen LogP contribution is 2.24. The number of fused-ring (bicyclic) bond motifs is 2. The van der Waals surface area contributed by atoms with E-state index in [-0.39, 0.29) is 16.5 Å². The number of hydrogen-bond acceptors (Lipinski definition) is 4. The fraction of sp³-hybridized carbons (Fsp3) is 0.0800. The summed E-state index contributed by atoms with van der Waals surface area (Å²) in [5.41, 5.74) is 2.46. The average Bonchev–Trinajstić information content (AvgIpc) is 2.77. The Hall–Kier alpha value is -3.99. The van der Waals surface area contributed by atoms with Crippen LogP contribution in [-0.2, 0) is 6.54 Å². The molecule has 0 aliphatic carbocycles. The number of rotatable bonds is 3. The third kappa shape index (κ3) is 2.92. The number of aryl methyl sites for hydroxylation is 1. The van der Waals surface area contributed by atoms with Gasteiger partial charge in [-0.1, -0.05) is 66.7 Å². The molecule has 0 aliphatic rings.